The molecule has 1 fully saturated rings. The van der Waals surface area contributed by atoms with Crippen LogP contribution in [0.5, 0.6) is 0 Å². The third kappa shape index (κ3) is 4.29. The molecule has 0 saturated heterocycles. The summed E-state index contributed by atoms with van der Waals surface area (Å²) in [6.07, 6.45) is 2.18. The number of alkyl halides is 1. The monoisotopic (exact) mass is 346 g/mol. The summed E-state index contributed by atoms with van der Waals surface area (Å²) in [4.78, 5) is 11.6. The van der Waals surface area contributed by atoms with Crippen LogP contribution in [0.1, 0.15) is 19.3 Å². The van der Waals surface area contributed by atoms with Crippen LogP contribution in [0.25, 0.3) is 0 Å². The summed E-state index contributed by atoms with van der Waals surface area (Å²) in [6, 6.07) is 6.26. The van der Waals surface area contributed by atoms with Gasteiger partial charge in [0.15, 0.2) is 0 Å². The molecule has 1 saturated carbocycles. The first-order chi connectivity index (χ1) is 9.01. The first-order valence-corrected chi connectivity index (χ1v) is 8.60. The highest BCUT2D eigenvalue weighted by Crippen LogP contribution is 2.22. The fourth-order valence-electron chi connectivity index (χ4n) is 1.52. The highest BCUT2D eigenvalue weighted by atomic mass is 79.9. The molecule has 7 heteroatoms. The molecule has 2 rings (SSSR count). The average Bonchev–Trinajstić information content (AvgIpc) is 3.13. The van der Waals surface area contributed by atoms with Crippen molar-refractivity contribution in [3.8, 4) is 0 Å². The molecule has 1 aliphatic carbocycles. The molecule has 1 aromatic rings. The average molecular weight is 347 g/mol. The Balaban J connectivity index is 2.03. The number of nitrogens with one attached hydrogen (secondary N) is 2. The van der Waals surface area contributed by atoms with E-state index in [1.807, 2.05) is 0 Å². The smallest absolute Gasteiger partial charge is 0.240 e. The molecule has 0 atom stereocenters. The van der Waals surface area contributed by atoms with E-state index in [1.54, 1.807) is 12.1 Å². The van der Waals surface area contributed by atoms with Crippen molar-refractivity contribution < 1.29 is 13.2 Å². The normalized spacial score (nSPS) is 15.2. The molecule has 1 amide bonds. The standard InChI is InChI=1S/C12H15BrN2O3S/c13-8-7-12(16)14-9-3-5-11(6-4-9)19(17,18)15-10-1-2-10/h3-6,10,15H,1-2,7-8H2,(H,14,16). The van der Waals surface area contributed by atoms with E-state index in [0.717, 1.165) is 12.8 Å². The summed E-state index contributed by atoms with van der Waals surface area (Å²) in [7, 11) is -3.42. The maximum Gasteiger partial charge on any atom is 0.240 e. The van der Waals surface area contributed by atoms with E-state index in [9.17, 15) is 13.2 Å². The van der Waals surface area contributed by atoms with Crippen LogP contribution in [-0.4, -0.2) is 25.7 Å². The molecule has 2 N–H and O–H groups in total. The predicted octanol–water partition coefficient (Wildman–Crippen LogP) is 1.85. The van der Waals surface area contributed by atoms with E-state index in [0.29, 0.717) is 17.4 Å². The van der Waals surface area contributed by atoms with Crippen molar-refractivity contribution in [3.05, 3.63) is 24.3 Å². The fourth-order valence-corrected chi connectivity index (χ4v) is 3.18. The zero-order valence-corrected chi connectivity index (χ0v) is 12.6. The minimum atomic E-state index is -3.42. The molecule has 0 bridgehead atoms. The third-order valence-corrected chi connectivity index (χ3v) is 4.60. The maximum absolute atomic E-state index is 11.9. The Morgan fingerprint density at radius 2 is 1.89 bits per heavy atom. The van der Waals surface area contributed by atoms with Gasteiger partial charge in [-0.15, -0.1) is 0 Å². The summed E-state index contributed by atoms with van der Waals surface area (Å²) in [5, 5.41) is 3.28. The minimum Gasteiger partial charge on any atom is -0.326 e. The molecular formula is C12H15BrN2O3S. The lowest BCUT2D eigenvalue weighted by Crippen LogP contribution is -2.25. The lowest BCUT2D eigenvalue weighted by molar-refractivity contribution is -0.115. The van der Waals surface area contributed by atoms with Gasteiger partial charge in [0.05, 0.1) is 4.90 Å². The number of hydrogen-bond donors (Lipinski definition) is 2. The second-order valence-electron chi connectivity index (χ2n) is 4.41. The van der Waals surface area contributed by atoms with Crippen LogP contribution < -0.4 is 10.0 Å². The van der Waals surface area contributed by atoms with Gasteiger partial charge in [0.1, 0.15) is 0 Å². The molecular weight excluding hydrogens is 332 g/mol. The molecule has 1 aromatic carbocycles. The Kier molecular flexibility index (Phi) is 4.59. The summed E-state index contributed by atoms with van der Waals surface area (Å²) in [5.74, 6) is -0.108. The fraction of sp³-hybridized carbons (Fsp3) is 0.417. The molecule has 0 aromatic heterocycles. The van der Waals surface area contributed by atoms with E-state index in [1.165, 1.54) is 12.1 Å². The van der Waals surface area contributed by atoms with Crippen molar-refractivity contribution in [2.75, 3.05) is 10.6 Å². The number of benzene rings is 1. The van der Waals surface area contributed by atoms with Crippen molar-refractivity contribution in [1.29, 1.82) is 0 Å². The van der Waals surface area contributed by atoms with Gasteiger partial charge in [-0.25, -0.2) is 13.1 Å². The van der Waals surface area contributed by atoms with Crippen LogP contribution in [0.2, 0.25) is 0 Å². The number of amides is 1. The van der Waals surface area contributed by atoms with E-state index in [4.69, 9.17) is 0 Å². The molecule has 0 radical (unpaired) electrons. The predicted molar refractivity (Wildman–Crippen MR) is 76.8 cm³/mol. The largest absolute Gasteiger partial charge is 0.326 e. The van der Waals surface area contributed by atoms with E-state index < -0.39 is 10.0 Å². The Bertz CT molecular complexity index is 553. The molecule has 0 unspecified atom stereocenters. The third-order valence-electron chi connectivity index (χ3n) is 2.67. The summed E-state index contributed by atoms with van der Waals surface area (Å²) >= 11 is 3.18. The lowest BCUT2D eigenvalue weighted by Gasteiger charge is -2.07. The first-order valence-electron chi connectivity index (χ1n) is 5.99. The van der Waals surface area contributed by atoms with Crippen molar-refractivity contribution in [2.45, 2.75) is 30.2 Å². The topological polar surface area (TPSA) is 75.3 Å². The Morgan fingerprint density at radius 1 is 1.26 bits per heavy atom. The second kappa shape index (κ2) is 6.02. The van der Waals surface area contributed by atoms with Gasteiger partial charge < -0.3 is 5.32 Å². The number of anilines is 1. The van der Waals surface area contributed by atoms with Gasteiger partial charge in [-0.1, -0.05) is 15.9 Å². The van der Waals surface area contributed by atoms with Crippen LogP contribution >= 0.6 is 15.9 Å². The zero-order chi connectivity index (χ0) is 13.9. The zero-order valence-electron chi connectivity index (χ0n) is 10.2. The number of sulfonamides is 1. The van der Waals surface area contributed by atoms with Crippen LogP contribution in [0.4, 0.5) is 5.69 Å². The van der Waals surface area contributed by atoms with E-state index >= 15 is 0 Å². The van der Waals surface area contributed by atoms with Crippen molar-refractivity contribution in [3.63, 3.8) is 0 Å². The quantitative estimate of drug-likeness (QED) is 0.772. The van der Waals surface area contributed by atoms with Gasteiger partial charge in [-0.3, -0.25) is 4.79 Å². The molecule has 0 heterocycles. The van der Waals surface area contributed by atoms with Gasteiger partial charge in [0.2, 0.25) is 15.9 Å². The van der Waals surface area contributed by atoms with Crippen molar-refractivity contribution in [1.82, 2.24) is 4.72 Å². The van der Waals surface area contributed by atoms with Crippen LogP contribution in [0, 0.1) is 0 Å². The Hall–Kier alpha value is -0.920. The number of halogens is 1. The van der Waals surface area contributed by atoms with Crippen molar-refractivity contribution in [2.24, 2.45) is 0 Å². The van der Waals surface area contributed by atoms with Crippen LogP contribution in [-0.2, 0) is 14.8 Å². The maximum atomic E-state index is 11.9. The summed E-state index contributed by atoms with van der Waals surface area (Å²) < 4.78 is 26.4. The van der Waals surface area contributed by atoms with Gasteiger partial charge in [-0.2, -0.15) is 0 Å². The lowest BCUT2D eigenvalue weighted by atomic mass is 10.3. The summed E-state index contributed by atoms with van der Waals surface area (Å²) in [6.45, 7) is 0. The number of carbonyl (C=O) groups excluding carboxylic acids is 1. The van der Waals surface area contributed by atoms with Gasteiger partial charge >= 0.3 is 0 Å². The Morgan fingerprint density at radius 3 is 2.42 bits per heavy atom. The minimum absolute atomic E-state index is 0.0864. The van der Waals surface area contributed by atoms with Crippen LogP contribution in [0.3, 0.4) is 0 Å². The molecule has 104 valence electrons. The highest BCUT2D eigenvalue weighted by molar-refractivity contribution is 9.09. The number of rotatable bonds is 6. The Labute approximate surface area is 121 Å². The molecule has 5 nitrogen and oxygen atoms in total. The highest BCUT2D eigenvalue weighted by Gasteiger charge is 2.27. The second-order valence-corrected chi connectivity index (χ2v) is 6.91. The molecule has 0 spiro atoms. The van der Waals surface area contributed by atoms with Gasteiger partial charge in [-0.05, 0) is 37.1 Å². The molecule has 1 aliphatic rings. The van der Waals surface area contributed by atoms with E-state index in [-0.39, 0.29) is 16.8 Å². The van der Waals surface area contributed by atoms with Crippen LogP contribution in [0.15, 0.2) is 29.2 Å². The number of hydrogen-bond acceptors (Lipinski definition) is 3. The number of carbonyl (C=O) groups is 1. The first kappa shape index (κ1) is 14.5. The molecule has 0 aliphatic heterocycles. The SMILES string of the molecule is O=C(CCBr)Nc1ccc(S(=O)(=O)NC2CC2)cc1. The van der Waals surface area contributed by atoms with Crippen molar-refractivity contribution >= 4 is 37.5 Å². The molecule has 19 heavy (non-hydrogen) atoms. The van der Waals surface area contributed by atoms with Gasteiger partial charge in [0, 0.05) is 23.5 Å². The summed E-state index contributed by atoms with van der Waals surface area (Å²) in [5.41, 5.74) is 0.594. The van der Waals surface area contributed by atoms with Gasteiger partial charge in [0.25, 0.3) is 0 Å². The van der Waals surface area contributed by atoms with E-state index in [2.05, 4.69) is 26.0 Å².